The van der Waals surface area contributed by atoms with Gasteiger partial charge in [0.25, 0.3) is 0 Å². The predicted octanol–water partition coefficient (Wildman–Crippen LogP) is 3.46. The standard InChI is InChI=1S/C19H30N2O3S/c1-4-5-15-6-10-17(11-7-15)20-19(22)16-8-12-18(13-9-16)21-25(23,24)14(2)3/h6-7,10-11,14,16,18,21H,4-5,8-9,12-13H2,1-3H3,(H,20,22)/t16-,18-. The highest BCUT2D eigenvalue weighted by Crippen LogP contribution is 2.26. The summed E-state index contributed by atoms with van der Waals surface area (Å²) >= 11 is 0. The van der Waals surface area contributed by atoms with Crippen molar-refractivity contribution in [3.8, 4) is 0 Å². The zero-order chi connectivity index (χ0) is 18.4. The Hall–Kier alpha value is -1.40. The van der Waals surface area contributed by atoms with E-state index in [0.717, 1.165) is 18.5 Å². The molecule has 140 valence electrons. The molecule has 0 unspecified atom stereocenters. The van der Waals surface area contributed by atoms with E-state index >= 15 is 0 Å². The second-order valence-corrected chi connectivity index (χ2v) is 9.46. The summed E-state index contributed by atoms with van der Waals surface area (Å²) in [6, 6.07) is 7.95. The van der Waals surface area contributed by atoms with E-state index in [2.05, 4.69) is 29.1 Å². The van der Waals surface area contributed by atoms with Gasteiger partial charge in [-0.05, 0) is 63.6 Å². The Morgan fingerprint density at radius 3 is 2.24 bits per heavy atom. The van der Waals surface area contributed by atoms with Crippen LogP contribution in [0.5, 0.6) is 0 Å². The van der Waals surface area contributed by atoms with Crippen LogP contribution in [0.3, 0.4) is 0 Å². The minimum absolute atomic E-state index is 0.0356. The van der Waals surface area contributed by atoms with Crippen molar-refractivity contribution in [1.82, 2.24) is 4.72 Å². The summed E-state index contributed by atoms with van der Waals surface area (Å²) in [7, 11) is -3.24. The zero-order valence-electron chi connectivity index (χ0n) is 15.4. The highest BCUT2D eigenvalue weighted by atomic mass is 32.2. The molecule has 1 aliphatic rings. The third kappa shape index (κ3) is 5.82. The Morgan fingerprint density at radius 1 is 1.12 bits per heavy atom. The second kappa shape index (κ2) is 8.81. The van der Waals surface area contributed by atoms with E-state index in [9.17, 15) is 13.2 Å². The van der Waals surface area contributed by atoms with Crippen LogP contribution in [0, 0.1) is 5.92 Å². The first kappa shape index (κ1) is 19.9. The van der Waals surface area contributed by atoms with E-state index in [0.29, 0.717) is 25.7 Å². The molecule has 0 saturated heterocycles. The van der Waals surface area contributed by atoms with Crippen molar-refractivity contribution in [1.29, 1.82) is 0 Å². The lowest BCUT2D eigenvalue weighted by molar-refractivity contribution is -0.120. The van der Waals surface area contributed by atoms with Crippen molar-refractivity contribution in [2.24, 2.45) is 5.92 Å². The molecule has 5 nitrogen and oxygen atoms in total. The molecule has 2 rings (SSSR count). The van der Waals surface area contributed by atoms with Gasteiger partial charge in [-0.3, -0.25) is 4.79 Å². The number of sulfonamides is 1. The van der Waals surface area contributed by atoms with Gasteiger partial charge in [0.1, 0.15) is 0 Å². The highest BCUT2D eigenvalue weighted by Gasteiger charge is 2.29. The van der Waals surface area contributed by atoms with Crippen molar-refractivity contribution in [3.05, 3.63) is 29.8 Å². The molecule has 0 radical (unpaired) electrons. The number of benzene rings is 1. The largest absolute Gasteiger partial charge is 0.326 e. The van der Waals surface area contributed by atoms with Crippen LogP contribution in [0.25, 0.3) is 0 Å². The van der Waals surface area contributed by atoms with Gasteiger partial charge < -0.3 is 5.32 Å². The number of rotatable bonds is 7. The number of hydrogen-bond donors (Lipinski definition) is 2. The predicted molar refractivity (Wildman–Crippen MR) is 102 cm³/mol. The molecule has 1 amide bonds. The number of amides is 1. The van der Waals surface area contributed by atoms with Gasteiger partial charge in [0, 0.05) is 17.6 Å². The van der Waals surface area contributed by atoms with Crippen molar-refractivity contribution in [3.63, 3.8) is 0 Å². The molecule has 0 heterocycles. The Morgan fingerprint density at radius 2 is 1.72 bits per heavy atom. The van der Waals surface area contributed by atoms with Crippen molar-refractivity contribution < 1.29 is 13.2 Å². The third-order valence-electron chi connectivity index (χ3n) is 4.81. The van der Waals surface area contributed by atoms with E-state index in [-0.39, 0.29) is 17.9 Å². The van der Waals surface area contributed by atoms with Gasteiger partial charge in [-0.25, -0.2) is 13.1 Å². The third-order valence-corrected chi connectivity index (χ3v) is 6.71. The fraction of sp³-hybridized carbons (Fsp3) is 0.632. The van der Waals surface area contributed by atoms with Crippen molar-refractivity contribution in [2.75, 3.05) is 5.32 Å². The first-order valence-electron chi connectivity index (χ1n) is 9.22. The quantitative estimate of drug-likeness (QED) is 0.776. The first-order valence-corrected chi connectivity index (χ1v) is 10.8. The van der Waals surface area contributed by atoms with Gasteiger partial charge in [-0.2, -0.15) is 0 Å². The summed E-state index contributed by atoms with van der Waals surface area (Å²) in [6.07, 6.45) is 5.00. The van der Waals surface area contributed by atoms with Crippen molar-refractivity contribution in [2.45, 2.75) is 70.6 Å². The van der Waals surface area contributed by atoms with Gasteiger partial charge in [0.15, 0.2) is 0 Å². The molecule has 2 N–H and O–H groups in total. The molecule has 0 spiro atoms. The lowest BCUT2D eigenvalue weighted by atomic mass is 9.86. The van der Waals surface area contributed by atoms with Crippen LogP contribution in [0.4, 0.5) is 5.69 Å². The van der Waals surface area contributed by atoms with E-state index in [1.165, 1.54) is 5.56 Å². The molecule has 0 bridgehead atoms. The van der Waals surface area contributed by atoms with Gasteiger partial charge in [0.05, 0.1) is 5.25 Å². The average Bonchev–Trinajstić information content (AvgIpc) is 2.57. The summed E-state index contributed by atoms with van der Waals surface area (Å²) in [6.45, 7) is 5.49. The lowest BCUT2D eigenvalue weighted by Crippen LogP contribution is -2.42. The van der Waals surface area contributed by atoms with Crippen LogP contribution in [0.2, 0.25) is 0 Å². The maximum Gasteiger partial charge on any atom is 0.227 e. The Kier molecular flexibility index (Phi) is 7.02. The molecule has 6 heteroatoms. The molecule has 1 aliphatic carbocycles. The smallest absolute Gasteiger partial charge is 0.227 e. The molecule has 0 aliphatic heterocycles. The highest BCUT2D eigenvalue weighted by molar-refractivity contribution is 7.90. The summed E-state index contributed by atoms with van der Waals surface area (Å²) in [5, 5.41) is 2.56. The van der Waals surface area contributed by atoms with Crippen LogP contribution in [0.15, 0.2) is 24.3 Å². The molecule has 0 atom stereocenters. The van der Waals surface area contributed by atoms with Crippen molar-refractivity contribution >= 4 is 21.6 Å². The fourth-order valence-electron chi connectivity index (χ4n) is 3.13. The maximum absolute atomic E-state index is 12.4. The topological polar surface area (TPSA) is 75.3 Å². The minimum atomic E-state index is -3.24. The number of aryl methyl sites for hydroxylation is 1. The molecular formula is C19H30N2O3S. The zero-order valence-corrected chi connectivity index (χ0v) is 16.2. The summed E-state index contributed by atoms with van der Waals surface area (Å²) in [5.74, 6) is -0.0106. The SMILES string of the molecule is CCCc1ccc(NC(=O)[C@H]2CC[C@H](NS(=O)(=O)C(C)C)CC2)cc1. The maximum atomic E-state index is 12.4. The Labute approximate surface area is 151 Å². The first-order chi connectivity index (χ1) is 11.8. The van der Waals surface area contributed by atoms with Gasteiger partial charge in [-0.1, -0.05) is 25.5 Å². The summed E-state index contributed by atoms with van der Waals surface area (Å²) < 4.78 is 26.6. The molecule has 1 saturated carbocycles. The lowest BCUT2D eigenvalue weighted by Gasteiger charge is -2.28. The summed E-state index contributed by atoms with van der Waals surface area (Å²) in [5.41, 5.74) is 2.10. The summed E-state index contributed by atoms with van der Waals surface area (Å²) in [4.78, 5) is 12.4. The number of anilines is 1. The van der Waals surface area contributed by atoms with E-state index in [4.69, 9.17) is 0 Å². The Balaban J connectivity index is 1.83. The van der Waals surface area contributed by atoms with E-state index in [1.54, 1.807) is 13.8 Å². The van der Waals surface area contributed by atoms with Crippen LogP contribution in [-0.2, 0) is 21.2 Å². The molecule has 25 heavy (non-hydrogen) atoms. The van der Waals surface area contributed by atoms with Crippen LogP contribution in [0.1, 0.15) is 58.4 Å². The number of hydrogen-bond acceptors (Lipinski definition) is 3. The molecule has 1 aromatic rings. The van der Waals surface area contributed by atoms with Gasteiger partial charge >= 0.3 is 0 Å². The molecule has 1 aromatic carbocycles. The fourth-order valence-corrected chi connectivity index (χ4v) is 4.10. The van der Waals surface area contributed by atoms with Crippen LogP contribution < -0.4 is 10.0 Å². The van der Waals surface area contributed by atoms with Gasteiger partial charge in [0.2, 0.25) is 15.9 Å². The van der Waals surface area contributed by atoms with E-state index in [1.807, 2.05) is 12.1 Å². The van der Waals surface area contributed by atoms with Crippen LogP contribution in [-0.4, -0.2) is 25.6 Å². The monoisotopic (exact) mass is 366 g/mol. The normalized spacial score (nSPS) is 21.3. The molecule has 0 aromatic heterocycles. The van der Waals surface area contributed by atoms with E-state index < -0.39 is 15.3 Å². The van der Waals surface area contributed by atoms with Crippen LogP contribution >= 0.6 is 0 Å². The molecular weight excluding hydrogens is 336 g/mol. The Bertz CT molecular complexity index is 660. The minimum Gasteiger partial charge on any atom is -0.326 e. The number of carbonyl (C=O) groups excluding carboxylic acids is 1. The second-order valence-electron chi connectivity index (χ2n) is 7.20. The number of nitrogens with one attached hydrogen (secondary N) is 2. The molecule has 1 fully saturated rings. The average molecular weight is 367 g/mol. The number of carbonyl (C=O) groups is 1. The van der Waals surface area contributed by atoms with Gasteiger partial charge in [-0.15, -0.1) is 0 Å².